The lowest BCUT2D eigenvalue weighted by Gasteiger charge is -2.15. The number of carbonyl (C=O) groups is 2. The van der Waals surface area contributed by atoms with E-state index in [-0.39, 0.29) is 5.56 Å². The summed E-state index contributed by atoms with van der Waals surface area (Å²) >= 11 is 0. The molecule has 0 fully saturated rings. The second-order valence-corrected chi connectivity index (χ2v) is 6.69. The minimum Gasteiger partial charge on any atom is -0.495 e. The second-order valence-electron chi connectivity index (χ2n) is 6.69. The number of carbonyl (C=O) groups excluding carboxylic acids is 2. The van der Waals surface area contributed by atoms with Crippen LogP contribution in [0.4, 0.5) is 10.1 Å². The molecule has 0 saturated heterocycles. The average Bonchev–Trinajstić information content (AvgIpc) is 3.10. The first kappa shape index (κ1) is 19.4. The minimum absolute atomic E-state index is 0.0240. The first-order chi connectivity index (χ1) is 14.5. The van der Waals surface area contributed by atoms with Crippen molar-refractivity contribution in [3.05, 3.63) is 72.0 Å². The van der Waals surface area contributed by atoms with Crippen molar-refractivity contribution in [1.29, 1.82) is 0 Å². The highest BCUT2D eigenvalue weighted by molar-refractivity contribution is 6.08. The molecule has 6 nitrogen and oxygen atoms in total. The molecule has 0 spiro atoms. The van der Waals surface area contributed by atoms with Crippen LogP contribution >= 0.6 is 0 Å². The first-order valence-electron chi connectivity index (χ1n) is 9.23. The summed E-state index contributed by atoms with van der Waals surface area (Å²) < 4.78 is 29.7. The van der Waals surface area contributed by atoms with Gasteiger partial charge in [0.15, 0.2) is 6.10 Å². The lowest BCUT2D eigenvalue weighted by molar-refractivity contribution is -0.123. The van der Waals surface area contributed by atoms with Gasteiger partial charge in [-0.25, -0.2) is 9.18 Å². The van der Waals surface area contributed by atoms with Crippen molar-refractivity contribution in [2.24, 2.45) is 0 Å². The van der Waals surface area contributed by atoms with Crippen LogP contribution in [0.25, 0.3) is 21.9 Å². The van der Waals surface area contributed by atoms with E-state index in [1.165, 1.54) is 32.2 Å². The van der Waals surface area contributed by atoms with E-state index in [4.69, 9.17) is 13.9 Å². The topological polar surface area (TPSA) is 77.8 Å². The predicted octanol–water partition coefficient (Wildman–Crippen LogP) is 4.92. The third-order valence-electron chi connectivity index (χ3n) is 4.67. The fraction of sp³-hybridized carbons (Fsp3) is 0.130. The maximum absolute atomic E-state index is 13.3. The number of fused-ring (bicyclic) bond motifs is 3. The summed E-state index contributed by atoms with van der Waals surface area (Å²) in [6, 6.07) is 16.1. The maximum Gasteiger partial charge on any atom is 0.339 e. The number of nitrogens with one attached hydrogen (secondary N) is 1. The largest absolute Gasteiger partial charge is 0.495 e. The number of halogens is 1. The smallest absolute Gasteiger partial charge is 0.339 e. The molecule has 0 aliphatic carbocycles. The predicted molar refractivity (Wildman–Crippen MR) is 110 cm³/mol. The summed E-state index contributed by atoms with van der Waals surface area (Å²) in [6.07, 6.45) is -1.11. The Bertz CT molecular complexity index is 1260. The van der Waals surface area contributed by atoms with E-state index in [0.29, 0.717) is 17.0 Å². The Morgan fingerprint density at radius 2 is 1.80 bits per heavy atom. The zero-order valence-corrected chi connectivity index (χ0v) is 16.3. The fourth-order valence-electron chi connectivity index (χ4n) is 3.15. The summed E-state index contributed by atoms with van der Waals surface area (Å²) in [4.78, 5) is 24.7. The summed E-state index contributed by atoms with van der Waals surface area (Å²) in [5, 5.41) is 4.48. The molecule has 0 aliphatic heterocycles. The van der Waals surface area contributed by atoms with Gasteiger partial charge in [0, 0.05) is 16.8 Å². The van der Waals surface area contributed by atoms with Gasteiger partial charge in [-0.05, 0) is 37.3 Å². The normalized spacial score (nSPS) is 12.0. The Balaban J connectivity index is 1.55. The summed E-state index contributed by atoms with van der Waals surface area (Å²) in [7, 11) is 1.49. The standard InChI is InChI=1S/C23H18FNO5/c1-13(29-23(27)14-6-5-7-15(24)10-14)22(26)25-18-12-20-17(11-21(18)28-2)16-8-3-4-9-19(16)30-20/h3-13H,1-2H3,(H,25,26)/t13-/m0/s1. The number of para-hydroxylation sites is 1. The average molecular weight is 407 g/mol. The van der Waals surface area contributed by atoms with Crippen molar-refractivity contribution in [1.82, 2.24) is 0 Å². The Kier molecular flexibility index (Phi) is 5.10. The third kappa shape index (κ3) is 3.69. The minimum atomic E-state index is -1.11. The Morgan fingerprint density at radius 1 is 1.00 bits per heavy atom. The van der Waals surface area contributed by atoms with Crippen LogP contribution in [0.2, 0.25) is 0 Å². The molecule has 7 heteroatoms. The van der Waals surface area contributed by atoms with E-state index in [9.17, 15) is 14.0 Å². The molecule has 152 valence electrons. The van der Waals surface area contributed by atoms with Gasteiger partial charge in [-0.3, -0.25) is 4.79 Å². The van der Waals surface area contributed by atoms with E-state index in [1.54, 1.807) is 12.1 Å². The number of anilines is 1. The fourth-order valence-corrected chi connectivity index (χ4v) is 3.15. The van der Waals surface area contributed by atoms with E-state index >= 15 is 0 Å². The summed E-state index contributed by atoms with van der Waals surface area (Å²) in [6.45, 7) is 1.43. The molecule has 1 atom stereocenters. The highest BCUT2D eigenvalue weighted by atomic mass is 19.1. The van der Waals surface area contributed by atoms with Gasteiger partial charge in [0.05, 0.1) is 18.4 Å². The van der Waals surface area contributed by atoms with Gasteiger partial charge < -0.3 is 19.2 Å². The van der Waals surface area contributed by atoms with Crippen LogP contribution in [0.3, 0.4) is 0 Å². The van der Waals surface area contributed by atoms with Crippen molar-refractivity contribution < 1.29 is 27.9 Å². The van der Waals surface area contributed by atoms with Crippen molar-refractivity contribution in [2.75, 3.05) is 12.4 Å². The van der Waals surface area contributed by atoms with Crippen LogP contribution in [0.1, 0.15) is 17.3 Å². The molecule has 1 amide bonds. The Hall–Kier alpha value is -3.87. The van der Waals surface area contributed by atoms with Crippen molar-refractivity contribution in [3.8, 4) is 5.75 Å². The van der Waals surface area contributed by atoms with Gasteiger partial charge >= 0.3 is 5.97 Å². The zero-order valence-electron chi connectivity index (χ0n) is 16.3. The number of ether oxygens (including phenoxy) is 2. The number of furan rings is 1. The lowest BCUT2D eigenvalue weighted by atomic mass is 10.1. The maximum atomic E-state index is 13.3. The Morgan fingerprint density at radius 3 is 2.57 bits per heavy atom. The van der Waals surface area contributed by atoms with Gasteiger partial charge in [0.2, 0.25) is 0 Å². The molecule has 0 unspecified atom stereocenters. The number of methoxy groups -OCH3 is 1. The van der Waals surface area contributed by atoms with Crippen LogP contribution < -0.4 is 10.1 Å². The van der Waals surface area contributed by atoms with Gasteiger partial charge in [0.1, 0.15) is 22.7 Å². The monoisotopic (exact) mass is 407 g/mol. The SMILES string of the molecule is COc1cc2c(cc1NC(=O)[C@H](C)OC(=O)c1cccc(F)c1)oc1ccccc12. The lowest BCUT2D eigenvalue weighted by Crippen LogP contribution is -2.30. The number of amides is 1. The number of rotatable bonds is 5. The summed E-state index contributed by atoms with van der Waals surface area (Å²) in [5.74, 6) is -1.48. The van der Waals surface area contributed by atoms with Gasteiger partial charge in [-0.1, -0.05) is 24.3 Å². The molecule has 4 rings (SSSR count). The molecule has 4 aromatic rings. The molecular formula is C23H18FNO5. The molecule has 1 heterocycles. The highest BCUT2D eigenvalue weighted by Gasteiger charge is 2.21. The molecule has 0 aliphatic rings. The Labute approximate surface area is 171 Å². The number of benzene rings is 3. The molecule has 0 bridgehead atoms. The molecule has 0 saturated carbocycles. The van der Waals surface area contributed by atoms with Crippen molar-refractivity contribution in [2.45, 2.75) is 13.0 Å². The number of hydrogen-bond donors (Lipinski definition) is 1. The van der Waals surface area contributed by atoms with Crippen molar-refractivity contribution >= 4 is 39.5 Å². The van der Waals surface area contributed by atoms with Gasteiger partial charge in [0.25, 0.3) is 5.91 Å². The molecular weight excluding hydrogens is 389 g/mol. The van der Waals surface area contributed by atoms with Crippen LogP contribution in [-0.2, 0) is 9.53 Å². The van der Waals surface area contributed by atoms with E-state index in [1.807, 2.05) is 24.3 Å². The molecule has 1 N–H and O–H groups in total. The summed E-state index contributed by atoms with van der Waals surface area (Å²) in [5.41, 5.74) is 1.70. The van der Waals surface area contributed by atoms with Crippen LogP contribution in [0, 0.1) is 5.82 Å². The van der Waals surface area contributed by atoms with Crippen molar-refractivity contribution in [3.63, 3.8) is 0 Å². The highest BCUT2D eigenvalue weighted by Crippen LogP contribution is 2.36. The van der Waals surface area contributed by atoms with E-state index < -0.39 is 23.8 Å². The van der Waals surface area contributed by atoms with Crippen LogP contribution in [0.5, 0.6) is 5.75 Å². The molecule has 3 aromatic carbocycles. The van der Waals surface area contributed by atoms with Crippen LogP contribution in [0.15, 0.2) is 65.1 Å². The third-order valence-corrected chi connectivity index (χ3v) is 4.67. The van der Waals surface area contributed by atoms with E-state index in [0.717, 1.165) is 22.4 Å². The first-order valence-corrected chi connectivity index (χ1v) is 9.23. The molecule has 0 radical (unpaired) electrons. The number of esters is 1. The number of hydrogen-bond acceptors (Lipinski definition) is 5. The molecule has 30 heavy (non-hydrogen) atoms. The van der Waals surface area contributed by atoms with Gasteiger partial charge in [-0.15, -0.1) is 0 Å². The van der Waals surface area contributed by atoms with Gasteiger partial charge in [-0.2, -0.15) is 0 Å². The second kappa shape index (κ2) is 7.87. The van der Waals surface area contributed by atoms with E-state index in [2.05, 4.69) is 5.32 Å². The zero-order chi connectivity index (χ0) is 21.3. The van der Waals surface area contributed by atoms with Crippen LogP contribution in [-0.4, -0.2) is 25.1 Å². The molecule has 1 aromatic heterocycles. The quantitative estimate of drug-likeness (QED) is 0.475.